The number of aromatic hydroxyl groups is 1. The van der Waals surface area contributed by atoms with E-state index in [4.69, 9.17) is 9.15 Å². The molecular weight excluding hydrogens is 308 g/mol. The molecule has 0 radical (unpaired) electrons. The lowest BCUT2D eigenvalue weighted by Gasteiger charge is -2.24. The van der Waals surface area contributed by atoms with Crippen LogP contribution in [-0.2, 0) is 4.79 Å². The van der Waals surface area contributed by atoms with Crippen LogP contribution < -0.4 is 10.4 Å². The minimum Gasteiger partial charge on any atom is -0.508 e. The lowest BCUT2D eigenvalue weighted by atomic mass is 9.86. The predicted molar refractivity (Wildman–Crippen MR) is 87.4 cm³/mol. The van der Waals surface area contributed by atoms with Gasteiger partial charge in [0.15, 0.2) is 5.75 Å². The maximum absolute atomic E-state index is 12.6. The molecule has 0 aliphatic carbocycles. The number of phenolic OH excluding ortho intramolecular Hbond substituents is 1. The fourth-order valence-electron chi connectivity index (χ4n) is 3.18. The van der Waals surface area contributed by atoms with Gasteiger partial charge in [-0.25, -0.2) is 4.79 Å². The zero-order chi connectivity index (χ0) is 16.8. The van der Waals surface area contributed by atoms with Crippen LogP contribution in [0.5, 0.6) is 11.5 Å². The van der Waals surface area contributed by atoms with E-state index in [9.17, 15) is 14.7 Å². The molecule has 1 unspecified atom stereocenters. The maximum atomic E-state index is 12.6. The highest BCUT2D eigenvalue weighted by Crippen LogP contribution is 2.41. The lowest BCUT2D eigenvalue weighted by Crippen LogP contribution is -2.26. The molecule has 0 spiro atoms. The zero-order valence-corrected chi connectivity index (χ0v) is 12.9. The van der Waals surface area contributed by atoms with E-state index in [0.717, 1.165) is 11.1 Å². The van der Waals surface area contributed by atoms with Gasteiger partial charge in [0.05, 0.1) is 17.4 Å². The van der Waals surface area contributed by atoms with E-state index in [1.54, 1.807) is 18.2 Å². The normalized spacial score (nSPS) is 16.7. The lowest BCUT2D eigenvalue weighted by molar-refractivity contribution is -0.135. The minimum atomic E-state index is -0.502. The number of aryl methyl sites for hydroxylation is 1. The molecule has 0 saturated carbocycles. The molecule has 4 rings (SSSR count). The van der Waals surface area contributed by atoms with Crippen LogP contribution in [0.15, 0.2) is 51.7 Å². The summed E-state index contributed by atoms with van der Waals surface area (Å²) in [4.78, 5) is 24.7. The van der Waals surface area contributed by atoms with Gasteiger partial charge in [0.2, 0.25) is 0 Å². The molecule has 5 nitrogen and oxygen atoms in total. The summed E-state index contributed by atoms with van der Waals surface area (Å²) in [5, 5.41) is 10.1. The van der Waals surface area contributed by atoms with E-state index >= 15 is 0 Å². The minimum absolute atomic E-state index is 0.0554. The number of benzene rings is 2. The van der Waals surface area contributed by atoms with Crippen LogP contribution in [0.4, 0.5) is 0 Å². The van der Waals surface area contributed by atoms with Crippen molar-refractivity contribution in [2.75, 3.05) is 0 Å². The van der Waals surface area contributed by atoms with Gasteiger partial charge >= 0.3 is 11.6 Å². The Bertz CT molecular complexity index is 1010. The molecule has 3 aromatic rings. The number of hydrogen-bond donors (Lipinski definition) is 1. The summed E-state index contributed by atoms with van der Waals surface area (Å²) in [5.41, 5.74) is 1.83. The van der Waals surface area contributed by atoms with Crippen molar-refractivity contribution in [1.82, 2.24) is 0 Å². The van der Waals surface area contributed by atoms with Crippen LogP contribution in [0.1, 0.15) is 29.0 Å². The van der Waals surface area contributed by atoms with Gasteiger partial charge < -0.3 is 14.3 Å². The standard InChI is InChI=1S/C19H14O5/c1-10-3-2-4-13-17(10)24-19(22)16-14(9-15(21)23-18(13)16)11-5-7-12(20)8-6-11/h2-8,14,20H,9H2,1H3. The van der Waals surface area contributed by atoms with Gasteiger partial charge in [0.25, 0.3) is 0 Å². The number of esters is 1. The Morgan fingerprint density at radius 1 is 1.08 bits per heavy atom. The largest absolute Gasteiger partial charge is 0.508 e. The molecule has 0 amide bonds. The van der Waals surface area contributed by atoms with E-state index < -0.39 is 17.5 Å². The third-order valence-electron chi connectivity index (χ3n) is 4.35. The number of hydrogen-bond acceptors (Lipinski definition) is 5. The predicted octanol–water partition coefficient (Wildman–Crippen LogP) is 3.25. The zero-order valence-electron chi connectivity index (χ0n) is 12.9. The van der Waals surface area contributed by atoms with Crippen LogP contribution in [0.25, 0.3) is 11.0 Å². The first kappa shape index (κ1) is 14.5. The van der Waals surface area contributed by atoms with Crippen molar-refractivity contribution in [3.63, 3.8) is 0 Å². The molecule has 0 fully saturated rings. The second kappa shape index (κ2) is 5.23. The Balaban J connectivity index is 2.02. The van der Waals surface area contributed by atoms with Crippen molar-refractivity contribution in [2.24, 2.45) is 0 Å². The summed E-state index contributed by atoms with van der Waals surface area (Å²) in [7, 11) is 0. The highest BCUT2D eigenvalue weighted by molar-refractivity contribution is 5.91. The number of rotatable bonds is 1. The van der Waals surface area contributed by atoms with E-state index in [-0.39, 0.29) is 17.9 Å². The Morgan fingerprint density at radius 3 is 2.58 bits per heavy atom. The SMILES string of the molecule is Cc1cccc2c3c(c(=O)oc12)C(c1ccc(O)cc1)CC(=O)O3. The van der Waals surface area contributed by atoms with Crippen molar-refractivity contribution >= 4 is 16.9 Å². The molecular formula is C19H14O5. The van der Waals surface area contributed by atoms with Crippen LogP contribution >= 0.6 is 0 Å². The molecule has 1 aliphatic rings. The van der Waals surface area contributed by atoms with Gasteiger partial charge in [-0.15, -0.1) is 0 Å². The monoisotopic (exact) mass is 322 g/mol. The van der Waals surface area contributed by atoms with Crippen molar-refractivity contribution in [3.8, 4) is 11.5 Å². The molecule has 24 heavy (non-hydrogen) atoms. The van der Waals surface area contributed by atoms with Gasteiger partial charge in [-0.05, 0) is 36.2 Å². The van der Waals surface area contributed by atoms with Crippen molar-refractivity contribution in [3.05, 3.63) is 69.6 Å². The molecule has 120 valence electrons. The van der Waals surface area contributed by atoms with Crippen LogP contribution in [0, 0.1) is 6.92 Å². The molecule has 1 atom stereocenters. The molecule has 2 heterocycles. The first-order valence-electron chi connectivity index (χ1n) is 7.60. The number of carbonyl (C=O) groups excluding carboxylic acids is 1. The van der Waals surface area contributed by atoms with Crippen LogP contribution in [0.3, 0.4) is 0 Å². The highest BCUT2D eigenvalue weighted by Gasteiger charge is 2.33. The first-order valence-corrected chi connectivity index (χ1v) is 7.60. The second-order valence-corrected chi connectivity index (χ2v) is 5.91. The van der Waals surface area contributed by atoms with E-state index in [0.29, 0.717) is 16.5 Å². The molecule has 5 heteroatoms. The molecule has 1 aromatic heterocycles. The highest BCUT2D eigenvalue weighted by atomic mass is 16.5. The first-order chi connectivity index (χ1) is 11.5. The molecule has 1 N–H and O–H groups in total. The Morgan fingerprint density at radius 2 is 1.83 bits per heavy atom. The summed E-state index contributed by atoms with van der Waals surface area (Å²) in [6.07, 6.45) is 0.0554. The van der Waals surface area contributed by atoms with Gasteiger partial charge in [0.1, 0.15) is 11.3 Å². The van der Waals surface area contributed by atoms with E-state index in [2.05, 4.69) is 0 Å². The fourth-order valence-corrected chi connectivity index (χ4v) is 3.18. The molecule has 0 saturated heterocycles. The van der Waals surface area contributed by atoms with Gasteiger partial charge in [-0.3, -0.25) is 4.79 Å². The third-order valence-corrected chi connectivity index (χ3v) is 4.35. The average Bonchev–Trinajstić information content (AvgIpc) is 2.56. The number of fused-ring (bicyclic) bond motifs is 3. The van der Waals surface area contributed by atoms with E-state index in [1.165, 1.54) is 12.1 Å². The number of ether oxygens (including phenoxy) is 1. The second-order valence-electron chi connectivity index (χ2n) is 5.91. The van der Waals surface area contributed by atoms with Crippen LogP contribution in [-0.4, -0.2) is 11.1 Å². The van der Waals surface area contributed by atoms with E-state index in [1.807, 2.05) is 19.1 Å². The summed E-state index contributed by atoms with van der Waals surface area (Å²) < 4.78 is 10.9. The summed E-state index contributed by atoms with van der Waals surface area (Å²) in [6, 6.07) is 11.9. The van der Waals surface area contributed by atoms with Crippen molar-refractivity contribution in [1.29, 1.82) is 0 Å². The third kappa shape index (κ3) is 2.17. The van der Waals surface area contributed by atoms with Crippen molar-refractivity contribution < 1.29 is 19.1 Å². The number of para-hydroxylation sites is 1. The molecule has 0 bridgehead atoms. The molecule has 1 aliphatic heterocycles. The Labute approximate surface area is 137 Å². The number of phenols is 1. The summed E-state index contributed by atoms with van der Waals surface area (Å²) in [6.45, 7) is 1.83. The van der Waals surface area contributed by atoms with Crippen LogP contribution in [0.2, 0.25) is 0 Å². The summed E-state index contributed by atoms with van der Waals surface area (Å²) in [5.74, 6) is -0.449. The molecule has 2 aromatic carbocycles. The van der Waals surface area contributed by atoms with Gasteiger partial charge in [-0.1, -0.05) is 24.3 Å². The smallest absolute Gasteiger partial charge is 0.343 e. The maximum Gasteiger partial charge on any atom is 0.343 e. The van der Waals surface area contributed by atoms with Gasteiger partial charge in [0, 0.05) is 5.92 Å². The topological polar surface area (TPSA) is 76.7 Å². The Kier molecular flexibility index (Phi) is 3.16. The van der Waals surface area contributed by atoms with Crippen molar-refractivity contribution in [2.45, 2.75) is 19.3 Å². The average molecular weight is 322 g/mol. The summed E-state index contributed by atoms with van der Waals surface area (Å²) >= 11 is 0. The van der Waals surface area contributed by atoms with Gasteiger partial charge in [-0.2, -0.15) is 0 Å². The fraction of sp³-hybridized carbons (Fsp3) is 0.158. The Hall–Kier alpha value is -3.08. The number of carbonyl (C=O) groups is 1. The quantitative estimate of drug-likeness (QED) is 0.550.